The van der Waals surface area contributed by atoms with Crippen molar-refractivity contribution in [3.8, 4) is 5.75 Å². The van der Waals surface area contributed by atoms with Crippen LogP contribution in [-0.2, 0) is 4.74 Å². The highest BCUT2D eigenvalue weighted by Crippen LogP contribution is 2.26. The molecular weight excluding hydrogens is 292 g/mol. The molecule has 1 unspecified atom stereocenters. The first-order valence-electron chi connectivity index (χ1n) is 8.62. The Morgan fingerprint density at radius 1 is 1.13 bits per heavy atom. The normalized spacial score (nSPS) is 16.6. The average molecular weight is 320 g/mol. The molecule has 1 amide bonds. The van der Waals surface area contributed by atoms with E-state index in [4.69, 9.17) is 9.47 Å². The lowest BCUT2D eigenvalue weighted by Crippen LogP contribution is -2.40. The second-order valence-corrected chi connectivity index (χ2v) is 5.72. The molecule has 1 N–H and O–H groups in total. The summed E-state index contributed by atoms with van der Waals surface area (Å²) in [5.74, 6) is 0.881. The maximum Gasteiger partial charge on any atom is 0.407 e. The standard InChI is InChI=1S/C18H28N2O3/c1-3-22-16-10-8-15(9-11-16)17(14-19-18(21)23-4-2)20-12-6-5-7-13-20/h8-11,17H,3-7,12-14H2,1-2H3,(H,19,21). The summed E-state index contributed by atoms with van der Waals surface area (Å²) >= 11 is 0. The summed E-state index contributed by atoms with van der Waals surface area (Å²) in [6, 6.07) is 8.37. The highest BCUT2D eigenvalue weighted by molar-refractivity contribution is 5.67. The first-order valence-corrected chi connectivity index (χ1v) is 8.62. The van der Waals surface area contributed by atoms with E-state index in [2.05, 4.69) is 22.3 Å². The van der Waals surface area contributed by atoms with Gasteiger partial charge in [0.1, 0.15) is 5.75 Å². The van der Waals surface area contributed by atoms with Crippen LogP contribution in [0, 0.1) is 0 Å². The van der Waals surface area contributed by atoms with Crippen LogP contribution in [0.3, 0.4) is 0 Å². The third-order valence-electron chi connectivity index (χ3n) is 4.12. The van der Waals surface area contributed by atoms with E-state index in [9.17, 15) is 4.79 Å². The molecule has 0 aromatic heterocycles. The van der Waals surface area contributed by atoms with Crippen LogP contribution in [0.15, 0.2) is 24.3 Å². The summed E-state index contributed by atoms with van der Waals surface area (Å²) in [5, 5.41) is 2.89. The highest BCUT2D eigenvalue weighted by Gasteiger charge is 2.23. The number of hydrogen-bond acceptors (Lipinski definition) is 4. The van der Waals surface area contributed by atoms with Gasteiger partial charge < -0.3 is 14.8 Å². The van der Waals surface area contributed by atoms with Gasteiger partial charge in [0.25, 0.3) is 0 Å². The molecule has 1 aromatic carbocycles. The van der Waals surface area contributed by atoms with Crippen molar-refractivity contribution in [2.45, 2.75) is 39.2 Å². The molecular formula is C18H28N2O3. The molecule has 23 heavy (non-hydrogen) atoms. The number of nitrogens with one attached hydrogen (secondary N) is 1. The summed E-state index contributed by atoms with van der Waals surface area (Å²) < 4.78 is 10.5. The summed E-state index contributed by atoms with van der Waals surface area (Å²) in [6.45, 7) is 7.56. The molecule has 2 rings (SSSR count). The van der Waals surface area contributed by atoms with E-state index in [1.165, 1.54) is 24.8 Å². The quantitative estimate of drug-likeness (QED) is 0.837. The number of hydrogen-bond donors (Lipinski definition) is 1. The number of likely N-dealkylation sites (tertiary alicyclic amines) is 1. The van der Waals surface area contributed by atoms with Gasteiger partial charge in [-0.2, -0.15) is 0 Å². The molecule has 0 saturated carbocycles. The Hall–Kier alpha value is -1.75. The zero-order valence-corrected chi connectivity index (χ0v) is 14.2. The molecule has 0 spiro atoms. The van der Waals surface area contributed by atoms with Gasteiger partial charge in [-0.25, -0.2) is 4.79 Å². The largest absolute Gasteiger partial charge is 0.494 e. The molecule has 1 heterocycles. The van der Waals surface area contributed by atoms with Crippen molar-refractivity contribution in [2.24, 2.45) is 0 Å². The molecule has 0 bridgehead atoms. The van der Waals surface area contributed by atoms with Gasteiger partial charge in [-0.3, -0.25) is 4.90 Å². The third kappa shape index (κ3) is 5.43. The minimum absolute atomic E-state index is 0.176. The van der Waals surface area contributed by atoms with Crippen LogP contribution in [0.25, 0.3) is 0 Å². The van der Waals surface area contributed by atoms with Gasteiger partial charge in [0.05, 0.1) is 19.3 Å². The van der Waals surface area contributed by atoms with E-state index in [1.54, 1.807) is 0 Å². The molecule has 1 saturated heterocycles. The van der Waals surface area contributed by atoms with Crippen LogP contribution >= 0.6 is 0 Å². The zero-order chi connectivity index (χ0) is 16.5. The number of amides is 1. The Morgan fingerprint density at radius 3 is 2.43 bits per heavy atom. The lowest BCUT2D eigenvalue weighted by atomic mass is 10.0. The molecule has 1 aliphatic rings. The van der Waals surface area contributed by atoms with Crippen molar-refractivity contribution in [3.63, 3.8) is 0 Å². The van der Waals surface area contributed by atoms with Gasteiger partial charge >= 0.3 is 6.09 Å². The Kier molecular flexibility index (Phi) is 7.20. The average Bonchev–Trinajstić information content (AvgIpc) is 2.58. The monoisotopic (exact) mass is 320 g/mol. The van der Waals surface area contributed by atoms with Gasteiger partial charge in [0.2, 0.25) is 0 Å². The Morgan fingerprint density at radius 2 is 1.83 bits per heavy atom. The second kappa shape index (κ2) is 9.40. The zero-order valence-electron chi connectivity index (χ0n) is 14.2. The minimum atomic E-state index is -0.347. The molecule has 128 valence electrons. The predicted octanol–water partition coefficient (Wildman–Crippen LogP) is 3.36. The molecule has 1 atom stereocenters. The summed E-state index contributed by atoms with van der Waals surface area (Å²) in [6.07, 6.45) is 3.37. The van der Waals surface area contributed by atoms with E-state index in [-0.39, 0.29) is 12.1 Å². The maximum absolute atomic E-state index is 11.6. The van der Waals surface area contributed by atoms with Crippen molar-refractivity contribution in [3.05, 3.63) is 29.8 Å². The molecule has 5 heteroatoms. The Labute approximate surface area is 139 Å². The van der Waals surface area contributed by atoms with Crippen molar-refractivity contribution < 1.29 is 14.3 Å². The molecule has 1 fully saturated rings. The Bertz CT molecular complexity index is 470. The number of piperidine rings is 1. The summed E-state index contributed by atoms with van der Waals surface area (Å²) in [7, 11) is 0. The van der Waals surface area contributed by atoms with E-state index in [0.29, 0.717) is 19.8 Å². The number of benzene rings is 1. The third-order valence-corrected chi connectivity index (χ3v) is 4.12. The van der Waals surface area contributed by atoms with Crippen LogP contribution in [0.4, 0.5) is 4.79 Å². The van der Waals surface area contributed by atoms with Crippen LogP contribution in [0.5, 0.6) is 5.75 Å². The number of carbonyl (C=O) groups excluding carboxylic acids is 1. The topological polar surface area (TPSA) is 50.8 Å². The second-order valence-electron chi connectivity index (χ2n) is 5.72. The Balaban J connectivity index is 2.06. The van der Waals surface area contributed by atoms with Crippen LogP contribution in [-0.4, -0.2) is 43.8 Å². The fourth-order valence-electron chi connectivity index (χ4n) is 3.00. The molecule has 1 aliphatic heterocycles. The number of ether oxygens (including phenoxy) is 2. The van der Waals surface area contributed by atoms with Crippen molar-refractivity contribution in [2.75, 3.05) is 32.8 Å². The van der Waals surface area contributed by atoms with Gasteiger partial charge in [0, 0.05) is 6.54 Å². The lowest BCUT2D eigenvalue weighted by Gasteiger charge is -2.35. The first kappa shape index (κ1) is 17.6. The van der Waals surface area contributed by atoms with E-state index in [1.807, 2.05) is 26.0 Å². The fourth-order valence-corrected chi connectivity index (χ4v) is 3.00. The van der Waals surface area contributed by atoms with Crippen LogP contribution in [0.2, 0.25) is 0 Å². The minimum Gasteiger partial charge on any atom is -0.494 e. The number of rotatable bonds is 7. The van der Waals surface area contributed by atoms with Crippen molar-refractivity contribution >= 4 is 6.09 Å². The molecule has 1 aromatic rings. The summed E-state index contributed by atoms with van der Waals surface area (Å²) in [4.78, 5) is 14.1. The van der Waals surface area contributed by atoms with Crippen LogP contribution < -0.4 is 10.1 Å². The predicted molar refractivity (Wildman–Crippen MR) is 90.8 cm³/mol. The van der Waals surface area contributed by atoms with E-state index in [0.717, 1.165) is 18.8 Å². The van der Waals surface area contributed by atoms with E-state index >= 15 is 0 Å². The maximum atomic E-state index is 11.6. The fraction of sp³-hybridized carbons (Fsp3) is 0.611. The molecule has 0 radical (unpaired) electrons. The van der Waals surface area contributed by atoms with Gasteiger partial charge in [-0.1, -0.05) is 18.6 Å². The number of nitrogens with zero attached hydrogens (tertiary/aromatic N) is 1. The SMILES string of the molecule is CCOC(=O)NCC(c1ccc(OCC)cc1)N1CCCCC1. The molecule has 0 aliphatic carbocycles. The highest BCUT2D eigenvalue weighted by atomic mass is 16.5. The summed E-state index contributed by atoms with van der Waals surface area (Å²) in [5.41, 5.74) is 1.20. The van der Waals surface area contributed by atoms with Crippen LogP contribution in [0.1, 0.15) is 44.7 Å². The first-order chi connectivity index (χ1) is 11.2. The van der Waals surface area contributed by atoms with Crippen molar-refractivity contribution in [1.82, 2.24) is 10.2 Å². The van der Waals surface area contributed by atoms with E-state index < -0.39 is 0 Å². The number of alkyl carbamates (subject to hydrolysis) is 1. The molecule has 5 nitrogen and oxygen atoms in total. The number of carbonyl (C=O) groups is 1. The van der Waals surface area contributed by atoms with Gasteiger partial charge in [-0.05, 0) is 57.5 Å². The van der Waals surface area contributed by atoms with Gasteiger partial charge in [-0.15, -0.1) is 0 Å². The van der Waals surface area contributed by atoms with Crippen molar-refractivity contribution in [1.29, 1.82) is 0 Å². The lowest BCUT2D eigenvalue weighted by molar-refractivity contribution is 0.135. The van der Waals surface area contributed by atoms with Gasteiger partial charge in [0.15, 0.2) is 0 Å². The smallest absolute Gasteiger partial charge is 0.407 e.